The lowest BCUT2D eigenvalue weighted by Gasteiger charge is -2.17. The molecule has 1 aliphatic rings. The van der Waals surface area contributed by atoms with Crippen LogP contribution in [-0.2, 0) is 6.42 Å². The molecule has 1 atom stereocenters. The van der Waals surface area contributed by atoms with E-state index in [4.69, 9.17) is 4.42 Å². The van der Waals surface area contributed by atoms with Crippen LogP contribution >= 0.6 is 0 Å². The molecule has 3 rings (SSSR count). The highest BCUT2D eigenvalue weighted by Crippen LogP contribution is 2.21. The summed E-state index contributed by atoms with van der Waals surface area (Å²) in [5.74, 6) is -0.403. The topological polar surface area (TPSA) is 74.6 Å². The zero-order valence-corrected chi connectivity index (χ0v) is 13.2. The highest BCUT2D eigenvalue weighted by atomic mass is 19.1. The van der Waals surface area contributed by atoms with Crippen molar-refractivity contribution >= 4 is 17.6 Å². The van der Waals surface area contributed by atoms with Crippen molar-refractivity contribution in [2.24, 2.45) is 0 Å². The summed E-state index contributed by atoms with van der Waals surface area (Å²) in [7, 11) is 0. The Morgan fingerprint density at radius 3 is 2.96 bits per heavy atom. The van der Waals surface area contributed by atoms with Gasteiger partial charge in [-0.05, 0) is 37.3 Å². The van der Waals surface area contributed by atoms with Gasteiger partial charge in [-0.3, -0.25) is 9.69 Å². The van der Waals surface area contributed by atoms with Crippen LogP contribution in [0.4, 0.5) is 14.9 Å². The van der Waals surface area contributed by atoms with E-state index in [0.29, 0.717) is 25.2 Å². The average Bonchev–Trinajstić information content (AvgIpc) is 3.19. The van der Waals surface area contributed by atoms with E-state index >= 15 is 0 Å². The summed E-state index contributed by atoms with van der Waals surface area (Å²) in [5, 5.41) is 5.42. The molecule has 0 unspecified atom stereocenters. The van der Waals surface area contributed by atoms with Gasteiger partial charge in [0.25, 0.3) is 5.91 Å². The van der Waals surface area contributed by atoms with Gasteiger partial charge in [-0.1, -0.05) is 0 Å². The molecule has 2 aromatic rings. The maximum absolute atomic E-state index is 14.0. The lowest BCUT2D eigenvalue weighted by Crippen LogP contribution is -2.35. The minimum absolute atomic E-state index is 0.0847. The number of amides is 3. The predicted molar refractivity (Wildman–Crippen MR) is 86.5 cm³/mol. The highest BCUT2D eigenvalue weighted by Gasteiger charge is 2.23. The Morgan fingerprint density at radius 2 is 2.29 bits per heavy atom. The van der Waals surface area contributed by atoms with Crippen molar-refractivity contribution in [2.45, 2.75) is 19.4 Å². The van der Waals surface area contributed by atoms with E-state index in [1.807, 2.05) is 13.0 Å². The second kappa shape index (κ2) is 6.74. The van der Waals surface area contributed by atoms with Gasteiger partial charge in [0.05, 0.1) is 11.8 Å². The van der Waals surface area contributed by atoms with Crippen molar-refractivity contribution in [1.29, 1.82) is 0 Å². The third kappa shape index (κ3) is 3.40. The number of anilines is 1. The number of hydrogen-bond donors (Lipinski definition) is 2. The van der Waals surface area contributed by atoms with E-state index in [1.165, 1.54) is 23.1 Å². The number of nitrogens with one attached hydrogen (secondary N) is 2. The summed E-state index contributed by atoms with van der Waals surface area (Å²) >= 11 is 0. The standard InChI is InChI=1S/C17H18FN3O3/c1-11(9-13-3-2-8-24-13)20-16(22)14-10-12(4-5-15(14)18)21-7-6-19-17(21)23/h2-5,8,10-11H,6-7,9H2,1H3,(H,19,23)(H,20,22)/t11-/m0/s1. The number of urea groups is 1. The smallest absolute Gasteiger partial charge is 0.321 e. The average molecular weight is 331 g/mol. The van der Waals surface area contributed by atoms with Crippen LogP contribution in [0, 0.1) is 5.82 Å². The van der Waals surface area contributed by atoms with Gasteiger partial charge in [-0.25, -0.2) is 9.18 Å². The fourth-order valence-corrected chi connectivity index (χ4v) is 2.66. The van der Waals surface area contributed by atoms with E-state index < -0.39 is 11.7 Å². The molecule has 2 heterocycles. The molecule has 1 aromatic heterocycles. The quantitative estimate of drug-likeness (QED) is 0.883. The van der Waals surface area contributed by atoms with Gasteiger partial charge in [0, 0.05) is 31.2 Å². The summed E-state index contributed by atoms with van der Waals surface area (Å²) in [6.45, 7) is 2.83. The van der Waals surface area contributed by atoms with Crippen molar-refractivity contribution in [3.63, 3.8) is 0 Å². The molecule has 0 aliphatic carbocycles. The minimum atomic E-state index is -0.624. The molecule has 126 valence electrons. The van der Waals surface area contributed by atoms with Gasteiger partial charge in [0.1, 0.15) is 11.6 Å². The maximum Gasteiger partial charge on any atom is 0.321 e. The van der Waals surface area contributed by atoms with Gasteiger partial charge < -0.3 is 15.1 Å². The van der Waals surface area contributed by atoms with Crippen LogP contribution in [-0.4, -0.2) is 31.1 Å². The number of halogens is 1. The molecule has 0 saturated carbocycles. The van der Waals surface area contributed by atoms with Crippen LogP contribution < -0.4 is 15.5 Å². The second-order valence-corrected chi connectivity index (χ2v) is 5.71. The van der Waals surface area contributed by atoms with Gasteiger partial charge in [-0.15, -0.1) is 0 Å². The molecule has 3 amide bonds. The van der Waals surface area contributed by atoms with Crippen LogP contribution in [0.2, 0.25) is 0 Å². The molecule has 24 heavy (non-hydrogen) atoms. The fourth-order valence-electron chi connectivity index (χ4n) is 2.66. The lowest BCUT2D eigenvalue weighted by atomic mass is 10.1. The molecule has 1 fully saturated rings. The normalized spacial score (nSPS) is 15.2. The Labute approximate surface area is 138 Å². The molecule has 1 aromatic carbocycles. The Balaban J connectivity index is 1.72. The molecule has 0 spiro atoms. The first-order valence-electron chi connectivity index (χ1n) is 7.73. The van der Waals surface area contributed by atoms with Crippen LogP contribution in [0.15, 0.2) is 41.0 Å². The molecule has 2 N–H and O–H groups in total. The van der Waals surface area contributed by atoms with Gasteiger partial charge in [0.15, 0.2) is 0 Å². The Hall–Kier alpha value is -2.83. The van der Waals surface area contributed by atoms with Crippen LogP contribution in [0.1, 0.15) is 23.0 Å². The van der Waals surface area contributed by atoms with Gasteiger partial charge >= 0.3 is 6.03 Å². The van der Waals surface area contributed by atoms with E-state index in [0.717, 1.165) is 5.76 Å². The number of benzene rings is 1. The van der Waals surface area contributed by atoms with Crippen molar-refractivity contribution in [3.8, 4) is 0 Å². The van der Waals surface area contributed by atoms with Crippen LogP contribution in [0.5, 0.6) is 0 Å². The van der Waals surface area contributed by atoms with Gasteiger partial charge in [-0.2, -0.15) is 0 Å². The zero-order chi connectivity index (χ0) is 17.1. The van der Waals surface area contributed by atoms with E-state index in [9.17, 15) is 14.0 Å². The Kier molecular flexibility index (Phi) is 4.50. The van der Waals surface area contributed by atoms with E-state index in [2.05, 4.69) is 10.6 Å². The van der Waals surface area contributed by atoms with E-state index in [1.54, 1.807) is 12.3 Å². The highest BCUT2D eigenvalue weighted by molar-refractivity contribution is 5.98. The van der Waals surface area contributed by atoms with Crippen molar-refractivity contribution in [3.05, 3.63) is 53.7 Å². The lowest BCUT2D eigenvalue weighted by molar-refractivity contribution is 0.0935. The second-order valence-electron chi connectivity index (χ2n) is 5.71. The van der Waals surface area contributed by atoms with Gasteiger partial charge in [0.2, 0.25) is 0 Å². The van der Waals surface area contributed by atoms with Crippen molar-refractivity contribution in [1.82, 2.24) is 10.6 Å². The van der Waals surface area contributed by atoms with Crippen molar-refractivity contribution in [2.75, 3.05) is 18.0 Å². The number of nitrogens with zero attached hydrogens (tertiary/aromatic N) is 1. The van der Waals surface area contributed by atoms with E-state index in [-0.39, 0.29) is 17.6 Å². The molecule has 0 bridgehead atoms. The molecule has 6 nitrogen and oxygen atoms in total. The minimum Gasteiger partial charge on any atom is -0.469 e. The summed E-state index contributed by atoms with van der Waals surface area (Å²) in [6.07, 6.45) is 2.07. The first-order chi connectivity index (χ1) is 11.5. The number of hydrogen-bond acceptors (Lipinski definition) is 3. The summed E-state index contributed by atoms with van der Waals surface area (Å²) < 4.78 is 19.3. The molecule has 1 saturated heterocycles. The number of furan rings is 1. The fraction of sp³-hybridized carbons (Fsp3) is 0.294. The maximum atomic E-state index is 14.0. The molecular weight excluding hydrogens is 313 g/mol. The summed E-state index contributed by atoms with van der Waals surface area (Å²) in [5.41, 5.74) is 0.411. The third-order valence-corrected chi connectivity index (χ3v) is 3.83. The Bertz CT molecular complexity index is 746. The molecule has 7 heteroatoms. The molecular formula is C17H18FN3O3. The van der Waals surface area contributed by atoms with Crippen LogP contribution in [0.3, 0.4) is 0 Å². The third-order valence-electron chi connectivity index (χ3n) is 3.83. The first kappa shape index (κ1) is 16.0. The number of carbonyl (C=O) groups excluding carboxylic acids is 2. The zero-order valence-electron chi connectivity index (χ0n) is 13.2. The van der Waals surface area contributed by atoms with Crippen LogP contribution in [0.25, 0.3) is 0 Å². The van der Waals surface area contributed by atoms with Crippen molar-refractivity contribution < 1.29 is 18.4 Å². The summed E-state index contributed by atoms with van der Waals surface area (Å²) in [6, 6.07) is 7.20. The number of carbonyl (C=O) groups is 2. The predicted octanol–water partition coefficient (Wildman–Crippen LogP) is 2.31. The monoisotopic (exact) mass is 331 g/mol. The largest absolute Gasteiger partial charge is 0.469 e. The molecule has 1 aliphatic heterocycles. The SMILES string of the molecule is C[C@@H](Cc1ccco1)NC(=O)c1cc(N2CCNC2=O)ccc1F. The number of rotatable bonds is 5. The molecule has 0 radical (unpaired) electrons. The Morgan fingerprint density at radius 1 is 1.46 bits per heavy atom. The summed E-state index contributed by atoms with van der Waals surface area (Å²) in [4.78, 5) is 25.5. The first-order valence-corrected chi connectivity index (χ1v) is 7.73.